The minimum Gasteiger partial charge on any atom is -0.383 e. The van der Waals surface area contributed by atoms with Gasteiger partial charge in [0.05, 0.1) is 13.2 Å². The first-order valence-corrected chi connectivity index (χ1v) is 8.03. The van der Waals surface area contributed by atoms with Gasteiger partial charge >= 0.3 is 0 Å². The number of halogens is 1. The SMILES string of the molecule is CCOCCNC(=NC)NCC1CCN(CCOC)CC1.I. The molecule has 0 aromatic carbocycles. The summed E-state index contributed by atoms with van der Waals surface area (Å²) in [6.45, 7) is 9.50. The predicted octanol–water partition coefficient (Wildman–Crippen LogP) is 1.16. The number of hydrogen-bond donors (Lipinski definition) is 2. The van der Waals surface area contributed by atoms with Crippen LogP contribution in [0.5, 0.6) is 0 Å². The van der Waals surface area contributed by atoms with Crippen LogP contribution < -0.4 is 10.6 Å². The highest BCUT2D eigenvalue weighted by molar-refractivity contribution is 14.0. The molecule has 0 aliphatic carbocycles. The molecule has 1 heterocycles. The van der Waals surface area contributed by atoms with Gasteiger partial charge in [0.1, 0.15) is 0 Å². The molecule has 0 saturated carbocycles. The Morgan fingerprint density at radius 3 is 2.55 bits per heavy atom. The van der Waals surface area contributed by atoms with E-state index in [-0.39, 0.29) is 24.0 Å². The lowest BCUT2D eigenvalue weighted by Gasteiger charge is -2.32. The number of nitrogens with zero attached hydrogens (tertiary/aromatic N) is 2. The molecular formula is C15H33IN4O2. The van der Waals surface area contributed by atoms with Gasteiger partial charge in [-0.15, -0.1) is 24.0 Å². The Hall–Kier alpha value is -0.120. The molecule has 0 unspecified atom stereocenters. The number of piperidine rings is 1. The lowest BCUT2D eigenvalue weighted by atomic mass is 9.97. The molecule has 0 amide bonds. The highest BCUT2D eigenvalue weighted by Crippen LogP contribution is 2.15. The van der Waals surface area contributed by atoms with Crippen molar-refractivity contribution in [3.63, 3.8) is 0 Å². The van der Waals surface area contributed by atoms with Gasteiger partial charge in [-0.3, -0.25) is 4.99 Å². The van der Waals surface area contributed by atoms with Gasteiger partial charge in [-0.2, -0.15) is 0 Å². The second-order valence-corrected chi connectivity index (χ2v) is 5.35. The minimum atomic E-state index is 0. The number of guanidine groups is 1. The molecular weight excluding hydrogens is 395 g/mol. The molecule has 0 bridgehead atoms. The van der Waals surface area contributed by atoms with E-state index in [1.165, 1.54) is 25.9 Å². The zero-order valence-electron chi connectivity index (χ0n) is 14.3. The number of aliphatic imine (C=N–C) groups is 1. The minimum absolute atomic E-state index is 0. The van der Waals surface area contributed by atoms with Gasteiger partial charge in [0, 0.05) is 40.4 Å². The molecule has 0 radical (unpaired) electrons. The quantitative estimate of drug-likeness (QED) is 0.250. The average molecular weight is 428 g/mol. The molecule has 2 N–H and O–H groups in total. The van der Waals surface area contributed by atoms with Gasteiger partial charge in [0.2, 0.25) is 0 Å². The van der Waals surface area contributed by atoms with Crippen LogP contribution in [0.4, 0.5) is 0 Å². The standard InChI is InChI=1S/C15H32N4O2.HI/c1-4-21-11-7-17-15(16-2)18-13-14-5-8-19(9-6-14)10-12-20-3;/h14H,4-13H2,1-3H3,(H2,16,17,18);1H. The van der Waals surface area contributed by atoms with Crippen LogP contribution in [0.15, 0.2) is 4.99 Å². The highest BCUT2D eigenvalue weighted by atomic mass is 127. The Kier molecular flexibility index (Phi) is 14.4. The highest BCUT2D eigenvalue weighted by Gasteiger charge is 2.18. The molecule has 1 saturated heterocycles. The van der Waals surface area contributed by atoms with Crippen molar-refractivity contribution in [3.05, 3.63) is 0 Å². The van der Waals surface area contributed by atoms with Gasteiger partial charge in [0.15, 0.2) is 5.96 Å². The molecule has 0 aromatic heterocycles. The fourth-order valence-corrected chi connectivity index (χ4v) is 2.48. The molecule has 1 rings (SSSR count). The number of rotatable bonds is 9. The summed E-state index contributed by atoms with van der Waals surface area (Å²) in [4.78, 5) is 6.72. The van der Waals surface area contributed by atoms with Crippen LogP contribution in [-0.4, -0.2) is 77.6 Å². The maximum atomic E-state index is 5.31. The largest absolute Gasteiger partial charge is 0.383 e. The van der Waals surface area contributed by atoms with Crippen LogP contribution in [0.2, 0.25) is 0 Å². The first-order valence-electron chi connectivity index (χ1n) is 8.03. The van der Waals surface area contributed by atoms with Gasteiger partial charge < -0.3 is 25.0 Å². The van der Waals surface area contributed by atoms with Crippen LogP contribution in [0.1, 0.15) is 19.8 Å². The maximum absolute atomic E-state index is 5.31. The molecule has 0 atom stereocenters. The molecule has 7 heteroatoms. The van der Waals surface area contributed by atoms with Gasteiger partial charge in [0.25, 0.3) is 0 Å². The summed E-state index contributed by atoms with van der Waals surface area (Å²) >= 11 is 0. The van der Waals surface area contributed by atoms with Crippen molar-refractivity contribution in [3.8, 4) is 0 Å². The zero-order chi connectivity index (χ0) is 15.3. The summed E-state index contributed by atoms with van der Waals surface area (Å²) in [5.74, 6) is 1.60. The maximum Gasteiger partial charge on any atom is 0.191 e. The normalized spacial score (nSPS) is 17.1. The summed E-state index contributed by atoms with van der Waals surface area (Å²) < 4.78 is 10.4. The summed E-state index contributed by atoms with van der Waals surface area (Å²) in [5.41, 5.74) is 0. The van der Waals surface area contributed by atoms with Crippen molar-refractivity contribution in [1.29, 1.82) is 0 Å². The Morgan fingerprint density at radius 1 is 1.23 bits per heavy atom. The van der Waals surface area contributed by atoms with E-state index in [4.69, 9.17) is 9.47 Å². The monoisotopic (exact) mass is 428 g/mol. The average Bonchev–Trinajstić information content (AvgIpc) is 2.53. The summed E-state index contributed by atoms with van der Waals surface area (Å²) in [6.07, 6.45) is 2.49. The zero-order valence-corrected chi connectivity index (χ0v) is 16.6. The van der Waals surface area contributed by atoms with Crippen molar-refractivity contribution >= 4 is 29.9 Å². The summed E-state index contributed by atoms with van der Waals surface area (Å²) in [6, 6.07) is 0. The van der Waals surface area contributed by atoms with Crippen molar-refractivity contribution in [2.24, 2.45) is 10.9 Å². The van der Waals surface area contributed by atoms with E-state index in [0.29, 0.717) is 0 Å². The van der Waals surface area contributed by atoms with E-state index >= 15 is 0 Å². The Balaban J connectivity index is 0.00000441. The lowest BCUT2D eigenvalue weighted by Crippen LogP contribution is -2.44. The van der Waals surface area contributed by atoms with Crippen LogP contribution in [0.25, 0.3) is 0 Å². The van der Waals surface area contributed by atoms with Crippen LogP contribution >= 0.6 is 24.0 Å². The van der Waals surface area contributed by atoms with Crippen molar-refractivity contribution in [1.82, 2.24) is 15.5 Å². The Bertz CT molecular complexity index is 285. The molecule has 0 spiro atoms. The topological polar surface area (TPSA) is 58.1 Å². The van der Waals surface area contributed by atoms with Gasteiger partial charge in [-0.05, 0) is 38.8 Å². The van der Waals surface area contributed by atoms with Crippen molar-refractivity contribution in [2.75, 3.05) is 66.7 Å². The van der Waals surface area contributed by atoms with E-state index < -0.39 is 0 Å². The Labute approximate surface area is 152 Å². The van der Waals surface area contributed by atoms with Gasteiger partial charge in [-0.25, -0.2) is 0 Å². The molecule has 0 aromatic rings. The van der Waals surface area contributed by atoms with Crippen molar-refractivity contribution in [2.45, 2.75) is 19.8 Å². The molecule has 6 nitrogen and oxygen atoms in total. The van der Waals surface area contributed by atoms with Crippen LogP contribution in [-0.2, 0) is 9.47 Å². The predicted molar refractivity (Wildman–Crippen MR) is 102 cm³/mol. The van der Waals surface area contributed by atoms with Crippen LogP contribution in [0.3, 0.4) is 0 Å². The van der Waals surface area contributed by atoms with E-state index in [0.717, 1.165) is 51.3 Å². The lowest BCUT2D eigenvalue weighted by molar-refractivity contribution is 0.120. The summed E-state index contributed by atoms with van der Waals surface area (Å²) in [7, 11) is 3.57. The first kappa shape index (κ1) is 21.9. The molecule has 1 fully saturated rings. The molecule has 1 aliphatic rings. The number of nitrogens with one attached hydrogen (secondary N) is 2. The fraction of sp³-hybridized carbons (Fsp3) is 0.933. The smallest absolute Gasteiger partial charge is 0.191 e. The second-order valence-electron chi connectivity index (χ2n) is 5.35. The van der Waals surface area contributed by atoms with Crippen molar-refractivity contribution < 1.29 is 9.47 Å². The fourth-order valence-electron chi connectivity index (χ4n) is 2.48. The third-order valence-electron chi connectivity index (χ3n) is 3.84. The van der Waals surface area contributed by atoms with E-state index in [9.17, 15) is 0 Å². The number of hydrogen-bond acceptors (Lipinski definition) is 4. The number of ether oxygens (including phenoxy) is 2. The van der Waals surface area contributed by atoms with Crippen LogP contribution in [0, 0.1) is 5.92 Å². The van der Waals surface area contributed by atoms with Gasteiger partial charge in [-0.1, -0.05) is 0 Å². The van der Waals surface area contributed by atoms with E-state index in [1.807, 2.05) is 14.0 Å². The van der Waals surface area contributed by atoms with E-state index in [2.05, 4.69) is 20.5 Å². The third-order valence-corrected chi connectivity index (χ3v) is 3.84. The number of methoxy groups -OCH3 is 1. The number of likely N-dealkylation sites (tertiary alicyclic amines) is 1. The Morgan fingerprint density at radius 2 is 1.95 bits per heavy atom. The molecule has 132 valence electrons. The summed E-state index contributed by atoms with van der Waals surface area (Å²) in [5, 5.41) is 6.68. The second kappa shape index (κ2) is 14.5. The third kappa shape index (κ3) is 9.81. The molecule has 1 aliphatic heterocycles. The van der Waals surface area contributed by atoms with E-state index in [1.54, 1.807) is 7.11 Å². The first-order chi connectivity index (χ1) is 10.3. The molecule has 22 heavy (non-hydrogen) atoms.